The van der Waals surface area contributed by atoms with Crippen molar-refractivity contribution < 1.29 is 23.0 Å². The summed E-state index contributed by atoms with van der Waals surface area (Å²) in [5.41, 5.74) is 6.27. The Morgan fingerprint density at radius 1 is 1.31 bits per heavy atom. The third-order valence-corrected chi connectivity index (χ3v) is 7.52. The molecular weight excluding hydrogens is 436 g/mol. The Morgan fingerprint density at radius 2 is 2.09 bits per heavy atom. The van der Waals surface area contributed by atoms with Crippen molar-refractivity contribution in [1.82, 2.24) is 4.98 Å². The Kier molecular flexibility index (Phi) is 5.13. The monoisotopic (exact) mass is 459 g/mol. The van der Waals surface area contributed by atoms with Gasteiger partial charge in [-0.1, -0.05) is 17.8 Å². The standard InChI is InChI=1S/C23H23F2N3O3S/c1-22(20-10-23(20,12-29-2)32-21(26)28-22)14-7-13(3-4-15(14)24)8-16(25)17-9-18-19(11-27-17)31-6-5-30-18/h3-4,7-9,11,20H,5-6,10,12H2,1-2H3,(H2,26,28)/b16-8-/t20-,22+,23+/m0/s1. The van der Waals surface area contributed by atoms with Gasteiger partial charge in [-0.2, -0.15) is 0 Å². The van der Waals surface area contributed by atoms with Crippen molar-refractivity contribution in [3.05, 3.63) is 53.1 Å². The summed E-state index contributed by atoms with van der Waals surface area (Å²) in [6.07, 6.45) is 3.58. The number of hydrogen-bond donors (Lipinski definition) is 1. The molecule has 2 aliphatic heterocycles. The number of benzene rings is 1. The van der Waals surface area contributed by atoms with E-state index in [0.29, 0.717) is 47.6 Å². The summed E-state index contributed by atoms with van der Waals surface area (Å²) in [7, 11) is 1.64. The molecule has 168 valence electrons. The molecule has 1 fully saturated rings. The predicted octanol–water partition coefficient (Wildman–Crippen LogP) is 4.14. The lowest BCUT2D eigenvalue weighted by molar-refractivity contribution is 0.170. The van der Waals surface area contributed by atoms with Crippen LogP contribution in [0.2, 0.25) is 0 Å². The Bertz CT molecular complexity index is 1140. The number of halogens is 2. The first kappa shape index (κ1) is 21.2. The van der Waals surface area contributed by atoms with Crippen LogP contribution in [0.1, 0.15) is 30.2 Å². The van der Waals surface area contributed by atoms with Crippen LogP contribution in [0, 0.1) is 11.7 Å². The van der Waals surface area contributed by atoms with E-state index in [9.17, 15) is 4.39 Å². The molecule has 1 aromatic heterocycles. The normalized spacial score (nSPS) is 28.7. The molecule has 0 amide bonds. The van der Waals surface area contributed by atoms with Gasteiger partial charge in [0.25, 0.3) is 0 Å². The van der Waals surface area contributed by atoms with Gasteiger partial charge < -0.3 is 19.9 Å². The zero-order chi connectivity index (χ0) is 22.5. The lowest BCUT2D eigenvalue weighted by atomic mass is 9.85. The van der Waals surface area contributed by atoms with Crippen LogP contribution in [-0.2, 0) is 10.3 Å². The highest BCUT2D eigenvalue weighted by Gasteiger charge is 2.66. The Labute approximate surface area is 188 Å². The maximum absolute atomic E-state index is 15.0. The summed E-state index contributed by atoms with van der Waals surface area (Å²) in [4.78, 5) is 8.74. The zero-order valence-electron chi connectivity index (χ0n) is 17.7. The number of rotatable bonds is 5. The van der Waals surface area contributed by atoms with Crippen molar-refractivity contribution in [1.29, 1.82) is 0 Å². The Morgan fingerprint density at radius 3 is 2.88 bits per heavy atom. The molecule has 2 aromatic rings. The molecule has 1 aromatic carbocycles. The molecule has 9 heteroatoms. The van der Waals surface area contributed by atoms with Crippen LogP contribution in [0.25, 0.3) is 11.9 Å². The number of amidine groups is 1. The molecule has 0 radical (unpaired) electrons. The van der Waals surface area contributed by atoms with Crippen LogP contribution in [-0.4, -0.2) is 41.8 Å². The maximum atomic E-state index is 15.0. The molecule has 0 saturated heterocycles. The summed E-state index contributed by atoms with van der Waals surface area (Å²) >= 11 is 1.49. The third kappa shape index (κ3) is 3.53. The van der Waals surface area contributed by atoms with Gasteiger partial charge in [-0.3, -0.25) is 4.99 Å². The smallest absolute Gasteiger partial charge is 0.179 e. The Balaban J connectivity index is 1.49. The van der Waals surface area contributed by atoms with E-state index in [1.165, 1.54) is 42.2 Å². The van der Waals surface area contributed by atoms with E-state index in [4.69, 9.17) is 19.9 Å². The number of fused-ring (bicyclic) bond motifs is 2. The molecule has 32 heavy (non-hydrogen) atoms. The minimum Gasteiger partial charge on any atom is -0.486 e. The van der Waals surface area contributed by atoms with Gasteiger partial charge in [0, 0.05) is 24.7 Å². The van der Waals surface area contributed by atoms with Crippen LogP contribution in [0.5, 0.6) is 11.5 Å². The number of methoxy groups -OCH3 is 1. The predicted molar refractivity (Wildman–Crippen MR) is 120 cm³/mol. The molecule has 5 rings (SSSR count). The number of aliphatic imine (C=N–C) groups is 1. The second kappa shape index (κ2) is 7.74. The number of ether oxygens (including phenoxy) is 3. The average molecular weight is 460 g/mol. The Hall–Kier alpha value is -2.65. The fourth-order valence-corrected chi connectivity index (χ4v) is 6.10. The lowest BCUT2D eigenvalue weighted by Crippen LogP contribution is -2.37. The van der Waals surface area contributed by atoms with E-state index in [1.54, 1.807) is 13.2 Å². The lowest BCUT2D eigenvalue weighted by Gasteiger charge is -2.34. The van der Waals surface area contributed by atoms with Gasteiger partial charge in [-0.05, 0) is 37.1 Å². The first-order chi connectivity index (χ1) is 15.3. The highest BCUT2D eigenvalue weighted by atomic mass is 32.2. The van der Waals surface area contributed by atoms with E-state index in [-0.39, 0.29) is 16.4 Å². The number of hydrogen-bond acceptors (Lipinski definition) is 7. The summed E-state index contributed by atoms with van der Waals surface area (Å²) in [6, 6.07) is 6.00. The molecule has 3 heterocycles. The number of pyridine rings is 1. The van der Waals surface area contributed by atoms with E-state index in [0.717, 1.165) is 6.42 Å². The summed E-state index contributed by atoms with van der Waals surface area (Å²) in [6.45, 7) is 3.23. The first-order valence-electron chi connectivity index (χ1n) is 10.3. The summed E-state index contributed by atoms with van der Waals surface area (Å²) < 4.78 is 46.1. The van der Waals surface area contributed by atoms with Crippen LogP contribution >= 0.6 is 11.8 Å². The van der Waals surface area contributed by atoms with E-state index >= 15 is 4.39 Å². The SMILES string of the molecule is COC[C@]12C[C@H]1[C@@](C)(c1cc(/C=C(\F)c3cc4c(cn3)OCCO4)ccc1F)N=C(N)S2. The average Bonchev–Trinajstić information content (AvgIpc) is 3.49. The van der Waals surface area contributed by atoms with Gasteiger partial charge in [-0.25, -0.2) is 13.8 Å². The van der Waals surface area contributed by atoms with Gasteiger partial charge in [0.15, 0.2) is 16.7 Å². The fourth-order valence-electron chi connectivity index (χ4n) is 4.65. The number of nitrogens with two attached hydrogens (primary N) is 1. The summed E-state index contributed by atoms with van der Waals surface area (Å²) in [5.74, 6) is 0.0470. The zero-order valence-corrected chi connectivity index (χ0v) is 18.5. The molecule has 1 saturated carbocycles. The quantitative estimate of drug-likeness (QED) is 0.724. The van der Waals surface area contributed by atoms with E-state index < -0.39 is 17.2 Å². The van der Waals surface area contributed by atoms with Gasteiger partial charge in [0.05, 0.1) is 23.1 Å². The second-order valence-corrected chi connectivity index (χ2v) is 9.83. The maximum Gasteiger partial charge on any atom is 0.179 e. The highest BCUT2D eigenvalue weighted by Crippen LogP contribution is 2.65. The van der Waals surface area contributed by atoms with Gasteiger partial charge in [-0.15, -0.1) is 0 Å². The van der Waals surface area contributed by atoms with Gasteiger partial charge in [0.2, 0.25) is 0 Å². The van der Waals surface area contributed by atoms with E-state index in [2.05, 4.69) is 9.98 Å². The molecule has 1 aliphatic carbocycles. The largest absolute Gasteiger partial charge is 0.486 e. The van der Waals surface area contributed by atoms with Crippen LogP contribution in [0.3, 0.4) is 0 Å². The number of aromatic nitrogens is 1. The molecule has 0 bridgehead atoms. The van der Waals surface area contributed by atoms with Crippen LogP contribution in [0.4, 0.5) is 8.78 Å². The molecule has 0 spiro atoms. The van der Waals surface area contributed by atoms with Crippen molar-refractivity contribution in [2.75, 3.05) is 26.9 Å². The number of nitrogens with zero attached hydrogens (tertiary/aromatic N) is 2. The summed E-state index contributed by atoms with van der Waals surface area (Å²) in [5, 5.41) is 0.408. The number of thioether (sulfide) groups is 1. The minimum atomic E-state index is -0.854. The molecule has 3 aliphatic rings. The molecular formula is C23H23F2N3O3S. The first-order valence-corrected chi connectivity index (χ1v) is 11.1. The van der Waals surface area contributed by atoms with Crippen molar-refractivity contribution in [2.24, 2.45) is 16.6 Å². The van der Waals surface area contributed by atoms with Gasteiger partial charge >= 0.3 is 0 Å². The van der Waals surface area contributed by atoms with E-state index in [1.807, 2.05) is 6.92 Å². The third-order valence-electron chi connectivity index (χ3n) is 6.25. The molecule has 2 N–H and O–H groups in total. The van der Waals surface area contributed by atoms with Crippen LogP contribution < -0.4 is 15.2 Å². The van der Waals surface area contributed by atoms with Crippen LogP contribution in [0.15, 0.2) is 35.5 Å². The second-order valence-electron chi connectivity index (χ2n) is 8.40. The van der Waals surface area contributed by atoms with Crippen molar-refractivity contribution >= 4 is 28.8 Å². The highest BCUT2D eigenvalue weighted by molar-refractivity contribution is 8.15. The molecule has 3 atom stereocenters. The van der Waals surface area contributed by atoms with Gasteiger partial charge in [0.1, 0.15) is 30.6 Å². The van der Waals surface area contributed by atoms with Crippen molar-refractivity contribution in [2.45, 2.75) is 23.6 Å². The minimum absolute atomic E-state index is 0.0743. The molecule has 0 unspecified atom stereocenters. The topological polar surface area (TPSA) is 79.0 Å². The fraction of sp³-hybridized carbons (Fsp3) is 0.391. The molecule has 6 nitrogen and oxygen atoms in total. The van der Waals surface area contributed by atoms with Crippen molar-refractivity contribution in [3.8, 4) is 11.5 Å². The van der Waals surface area contributed by atoms with Crippen molar-refractivity contribution in [3.63, 3.8) is 0 Å².